The number of sulfonamides is 1. The topological polar surface area (TPSA) is 126 Å². The number of alkyl halides is 2. The first kappa shape index (κ1) is 25.4. The summed E-state index contributed by atoms with van der Waals surface area (Å²) in [6.45, 7) is -1.85. The van der Waals surface area contributed by atoms with Gasteiger partial charge in [-0.15, -0.1) is 0 Å². The van der Waals surface area contributed by atoms with E-state index in [1.807, 2.05) is 10.0 Å². The Morgan fingerprint density at radius 1 is 0.971 bits per heavy atom. The molecule has 3 rings (SSSR count). The molecule has 2 amide bonds. The number of carbonyl (C=O) groups excluding carboxylic acids is 2. The van der Waals surface area contributed by atoms with Crippen LogP contribution in [0.25, 0.3) is 0 Å². The van der Waals surface area contributed by atoms with Gasteiger partial charge in [-0.25, -0.2) is 22.2 Å². The number of nitrogens with one attached hydrogen (secondary N) is 3. The van der Waals surface area contributed by atoms with Crippen LogP contribution < -0.4 is 20.1 Å². The quantitative estimate of drug-likeness (QED) is 0.392. The molecule has 1 heterocycles. The summed E-state index contributed by atoms with van der Waals surface area (Å²) in [6.07, 6.45) is 1.06. The zero-order chi connectivity index (χ0) is 25.8. The third-order valence-corrected chi connectivity index (χ3v) is 5.64. The predicted octanol–water partition coefficient (Wildman–Crippen LogP) is 3.97. The number of aromatic nitrogens is 1. The molecule has 3 N–H and O–H groups in total. The van der Waals surface area contributed by atoms with Gasteiger partial charge >= 0.3 is 6.61 Å². The van der Waals surface area contributed by atoms with Gasteiger partial charge in [-0.05, 0) is 48.5 Å². The second kappa shape index (κ2) is 10.4. The maximum Gasteiger partial charge on any atom is 0.387 e. The molecule has 1 aromatic heterocycles. The highest BCUT2D eigenvalue weighted by Gasteiger charge is 2.22. The van der Waals surface area contributed by atoms with Gasteiger partial charge in [0.15, 0.2) is 5.82 Å². The molecule has 0 unspecified atom stereocenters. The Labute approximate surface area is 196 Å². The number of benzene rings is 2. The van der Waals surface area contributed by atoms with Crippen molar-refractivity contribution in [1.29, 1.82) is 0 Å². The van der Waals surface area contributed by atoms with Crippen LogP contribution in [0.4, 0.5) is 34.8 Å². The first-order valence-corrected chi connectivity index (χ1v) is 11.1. The zero-order valence-electron chi connectivity index (χ0n) is 17.7. The van der Waals surface area contributed by atoms with E-state index in [9.17, 15) is 35.6 Å². The average molecular weight is 512 g/mol. The number of nitrogens with zero attached hydrogens (tertiary/aromatic N) is 1. The Kier molecular flexibility index (Phi) is 7.54. The molecule has 0 saturated carbocycles. The normalized spacial score (nSPS) is 11.1. The van der Waals surface area contributed by atoms with Crippen molar-refractivity contribution >= 4 is 39.0 Å². The van der Waals surface area contributed by atoms with Gasteiger partial charge in [0.2, 0.25) is 5.91 Å². The van der Waals surface area contributed by atoms with Crippen molar-refractivity contribution in [1.82, 2.24) is 4.98 Å². The van der Waals surface area contributed by atoms with Crippen molar-refractivity contribution in [3.63, 3.8) is 0 Å². The molecule has 0 atom stereocenters. The van der Waals surface area contributed by atoms with Crippen LogP contribution in [0.3, 0.4) is 0 Å². The molecule has 184 valence electrons. The van der Waals surface area contributed by atoms with E-state index in [0.717, 1.165) is 42.6 Å². The summed E-state index contributed by atoms with van der Waals surface area (Å²) < 4.78 is 84.8. The first-order valence-electron chi connectivity index (χ1n) is 9.57. The number of anilines is 3. The van der Waals surface area contributed by atoms with E-state index in [1.54, 1.807) is 0 Å². The van der Waals surface area contributed by atoms with E-state index >= 15 is 0 Å². The van der Waals surface area contributed by atoms with Gasteiger partial charge in [0.05, 0.1) is 16.1 Å². The summed E-state index contributed by atoms with van der Waals surface area (Å²) >= 11 is 0. The van der Waals surface area contributed by atoms with Crippen LogP contribution in [0.1, 0.15) is 17.3 Å². The average Bonchev–Trinajstić information content (AvgIpc) is 2.78. The number of rotatable bonds is 8. The minimum atomic E-state index is -4.42. The van der Waals surface area contributed by atoms with E-state index in [1.165, 1.54) is 19.1 Å². The van der Waals surface area contributed by atoms with Gasteiger partial charge < -0.3 is 15.4 Å². The summed E-state index contributed by atoms with van der Waals surface area (Å²) in [6, 6.07) is 7.91. The number of halogens is 4. The molecule has 2 aromatic carbocycles. The van der Waals surface area contributed by atoms with Crippen molar-refractivity contribution in [3.05, 3.63) is 71.9 Å². The van der Waals surface area contributed by atoms with Crippen LogP contribution >= 0.6 is 0 Å². The zero-order valence-corrected chi connectivity index (χ0v) is 18.5. The van der Waals surface area contributed by atoms with Gasteiger partial charge in [0, 0.05) is 13.1 Å². The predicted molar refractivity (Wildman–Crippen MR) is 117 cm³/mol. The van der Waals surface area contributed by atoms with Crippen molar-refractivity contribution < 1.29 is 40.3 Å². The van der Waals surface area contributed by atoms with E-state index in [0.29, 0.717) is 0 Å². The van der Waals surface area contributed by atoms with Gasteiger partial charge in [-0.2, -0.15) is 8.78 Å². The number of ether oxygens (including phenoxy) is 1. The smallest absolute Gasteiger partial charge is 0.387 e. The van der Waals surface area contributed by atoms with E-state index in [2.05, 4.69) is 15.0 Å². The highest BCUT2D eigenvalue weighted by molar-refractivity contribution is 7.92. The molecule has 35 heavy (non-hydrogen) atoms. The molecular weight excluding hydrogens is 496 g/mol. The van der Waals surface area contributed by atoms with Gasteiger partial charge in [0.25, 0.3) is 15.9 Å². The molecule has 14 heteroatoms. The van der Waals surface area contributed by atoms with Crippen molar-refractivity contribution in [2.45, 2.75) is 18.4 Å². The minimum Gasteiger partial charge on any atom is -0.435 e. The number of amides is 2. The fourth-order valence-electron chi connectivity index (χ4n) is 2.72. The molecule has 0 fully saturated rings. The lowest BCUT2D eigenvalue weighted by atomic mass is 10.2. The van der Waals surface area contributed by atoms with Gasteiger partial charge in [0.1, 0.15) is 23.1 Å². The lowest BCUT2D eigenvalue weighted by Crippen LogP contribution is -2.18. The highest BCUT2D eigenvalue weighted by atomic mass is 32.2. The molecule has 9 nitrogen and oxygen atoms in total. The van der Waals surface area contributed by atoms with Crippen LogP contribution in [0.15, 0.2) is 59.6 Å². The number of hydrogen-bond acceptors (Lipinski definition) is 6. The van der Waals surface area contributed by atoms with Crippen molar-refractivity contribution in [3.8, 4) is 5.75 Å². The Hall–Kier alpha value is -4.20. The van der Waals surface area contributed by atoms with Crippen LogP contribution in [0.5, 0.6) is 5.75 Å². The summed E-state index contributed by atoms with van der Waals surface area (Å²) in [5.74, 6) is -4.10. The number of carbonyl (C=O) groups is 2. The molecule has 0 saturated heterocycles. The Bertz CT molecular complexity index is 1350. The molecule has 0 aliphatic rings. The molecular formula is C21H16F4N4O5S. The Morgan fingerprint density at radius 3 is 2.23 bits per heavy atom. The van der Waals surface area contributed by atoms with E-state index < -0.39 is 56.4 Å². The highest BCUT2D eigenvalue weighted by Crippen LogP contribution is 2.29. The molecule has 3 aromatic rings. The second-order valence-corrected chi connectivity index (χ2v) is 8.49. The third-order valence-electron chi connectivity index (χ3n) is 4.26. The number of pyridine rings is 1. The van der Waals surface area contributed by atoms with Gasteiger partial charge in [-0.1, -0.05) is 0 Å². The second-order valence-electron chi connectivity index (χ2n) is 6.81. The minimum absolute atomic E-state index is 0.102. The van der Waals surface area contributed by atoms with E-state index in [-0.39, 0.29) is 17.1 Å². The molecule has 0 bridgehead atoms. The Balaban J connectivity index is 1.80. The molecule has 0 aliphatic carbocycles. The maximum absolute atomic E-state index is 14.9. The third kappa shape index (κ3) is 6.44. The summed E-state index contributed by atoms with van der Waals surface area (Å²) in [5, 5.41) is 4.39. The van der Waals surface area contributed by atoms with Crippen LogP contribution in [0, 0.1) is 11.6 Å². The summed E-state index contributed by atoms with van der Waals surface area (Å²) in [4.78, 5) is 26.8. The fourth-order valence-corrected chi connectivity index (χ4v) is 3.78. The lowest BCUT2D eigenvalue weighted by Gasteiger charge is -2.13. The first-order chi connectivity index (χ1) is 16.5. The van der Waals surface area contributed by atoms with E-state index in [4.69, 9.17) is 0 Å². The molecule has 0 radical (unpaired) electrons. The monoisotopic (exact) mass is 512 g/mol. The Morgan fingerprint density at radius 2 is 1.66 bits per heavy atom. The van der Waals surface area contributed by atoms with Crippen LogP contribution in [-0.2, 0) is 14.8 Å². The van der Waals surface area contributed by atoms with Gasteiger partial charge in [-0.3, -0.25) is 14.3 Å². The lowest BCUT2D eigenvalue weighted by molar-refractivity contribution is -0.114. The molecule has 0 aliphatic heterocycles. The standard InChI is InChI=1S/C21H16F4N4O5S/c1-11(30)27-17-9-2-12(10-26-17)20(31)28-19-15(22)7-8-16(18(19)23)29-35(32,33)14-5-3-13(4-6-14)34-21(24)25/h2-10,21,29H,1H3,(H,28,31)(H,26,27,30). The molecule has 0 spiro atoms. The van der Waals surface area contributed by atoms with Crippen molar-refractivity contribution in [2.24, 2.45) is 0 Å². The maximum atomic E-state index is 14.9. The van der Waals surface area contributed by atoms with Crippen LogP contribution in [-0.4, -0.2) is 31.8 Å². The summed E-state index contributed by atoms with van der Waals surface area (Å²) in [7, 11) is -4.42. The van der Waals surface area contributed by atoms with Crippen molar-refractivity contribution in [2.75, 3.05) is 15.4 Å². The largest absolute Gasteiger partial charge is 0.435 e. The number of hydrogen-bond donors (Lipinski definition) is 3. The SMILES string of the molecule is CC(=O)Nc1ccc(C(=O)Nc2c(F)ccc(NS(=O)(=O)c3ccc(OC(F)F)cc3)c2F)cn1. The summed E-state index contributed by atoms with van der Waals surface area (Å²) in [5.41, 5.74) is -1.72. The fraction of sp³-hybridized carbons (Fsp3) is 0.0952. The van der Waals surface area contributed by atoms with Crippen LogP contribution in [0.2, 0.25) is 0 Å².